The SMILES string of the molecule is Nc1ccn(CC(=O)Nc2nc3ccccc3[nH]2)n1. The number of anilines is 2. The molecule has 4 N–H and O–H groups in total. The van der Waals surface area contributed by atoms with Crippen LogP contribution in [0.3, 0.4) is 0 Å². The highest BCUT2D eigenvalue weighted by Crippen LogP contribution is 2.13. The van der Waals surface area contributed by atoms with Gasteiger partial charge in [-0.1, -0.05) is 12.1 Å². The Morgan fingerprint density at radius 3 is 2.95 bits per heavy atom. The molecule has 0 saturated carbocycles. The molecule has 0 spiro atoms. The average molecular weight is 256 g/mol. The van der Waals surface area contributed by atoms with Crippen LogP contribution in [0.5, 0.6) is 0 Å². The standard InChI is InChI=1S/C12H12N6O/c13-10-5-6-18(17-10)7-11(19)16-12-14-8-3-1-2-4-9(8)15-12/h1-6H,7H2,(H2,13,17)(H2,14,15,16,19). The third-order valence-electron chi connectivity index (χ3n) is 2.61. The number of fused-ring (bicyclic) bond motifs is 1. The maximum absolute atomic E-state index is 11.8. The fourth-order valence-electron chi connectivity index (χ4n) is 1.80. The lowest BCUT2D eigenvalue weighted by molar-refractivity contribution is -0.116. The molecule has 2 aromatic heterocycles. The minimum Gasteiger partial charge on any atom is -0.382 e. The minimum absolute atomic E-state index is 0.0915. The summed E-state index contributed by atoms with van der Waals surface area (Å²) < 4.78 is 1.47. The topological polar surface area (TPSA) is 102 Å². The van der Waals surface area contributed by atoms with E-state index in [9.17, 15) is 4.79 Å². The Labute approximate surface area is 108 Å². The van der Waals surface area contributed by atoms with Gasteiger partial charge in [0, 0.05) is 6.20 Å². The summed E-state index contributed by atoms with van der Waals surface area (Å²) in [6.07, 6.45) is 1.65. The highest BCUT2D eigenvalue weighted by atomic mass is 16.2. The molecule has 3 aromatic rings. The Morgan fingerprint density at radius 2 is 2.21 bits per heavy atom. The third kappa shape index (κ3) is 2.39. The molecule has 96 valence electrons. The van der Waals surface area contributed by atoms with Gasteiger partial charge in [-0.25, -0.2) is 4.98 Å². The summed E-state index contributed by atoms with van der Waals surface area (Å²) in [5.41, 5.74) is 7.16. The number of H-pyrrole nitrogens is 1. The number of nitrogen functional groups attached to an aromatic ring is 1. The van der Waals surface area contributed by atoms with E-state index in [4.69, 9.17) is 5.73 Å². The predicted octanol–water partition coefficient (Wildman–Crippen LogP) is 0.980. The lowest BCUT2D eigenvalue weighted by atomic mass is 10.3. The molecule has 1 amide bonds. The maximum Gasteiger partial charge on any atom is 0.248 e. The quantitative estimate of drug-likeness (QED) is 0.650. The monoisotopic (exact) mass is 256 g/mol. The Bertz CT molecular complexity index is 695. The van der Waals surface area contributed by atoms with Crippen molar-refractivity contribution in [3.63, 3.8) is 0 Å². The first-order chi connectivity index (χ1) is 9.20. The largest absolute Gasteiger partial charge is 0.382 e. The number of nitrogens with zero attached hydrogens (tertiary/aromatic N) is 3. The fraction of sp³-hybridized carbons (Fsp3) is 0.0833. The van der Waals surface area contributed by atoms with Crippen LogP contribution >= 0.6 is 0 Å². The Kier molecular flexibility index (Phi) is 2.64. The van der Waals surface area contributed by atoms with Crippen LogP contribution < -0.4 is 11.1 Å². The van der Waals surface area contributed by atoms with E-state index in [2.05, 4.69) is 20.4 Å². The Morgan fingerprint density at radius 1 is 1.37 bits per heavy atom. The van der Waals surface area contributed by atoms with Crippen LogP contribution in [-0.2, 0) is 11.3 Å². The lowest BCUT2D eigenvalue weighted by Gasteiger charge is -2.01. The van der Waals surface area contributed by atoms with Gasteiger partial charge >= 0.3 is 0 Å². The Balaban J connectivity index is 1.72. The number of aromatic amines is 1. The van der Waals surface area contributed by atoms with Crippen molar-refractivity contribution >= 4 is 28.7 Å². The maximum atomic E-state index is 11.8. The van der Waals surface area contributed by atoms with Crippen molar-refractivity contribution in [3.05, 3.63) is 36.5 Å². The summed E-state index contributed by atoms with van der Waals surface area (Å²) in [5.74, 6) is 0.588. The van der Waals surface area contributed by atoms with Gasteiger partial charge in [0.2, 0.25) is 11.9 Å². The number of benzene rings is 1. The van der Waals surface area contributed by atoms with Crippen molar-refractivity contribution in [2.24, 2.45) is 0 Å². The molecule has 19 heavy (non-hydrogen) atoms. The molecule has 0 unspecified atom stereocenters. The van der Waals surface area contributed by atoms with Gasteiger partial charge < -0.3 is 10.7 Å². The summed E-state index contributed by atoms with van der Waals surface area (Å²) in [6, 6.07) is 9.19. The summed E-state index contributed by atoms with van der Waals surface area (Å²) in [4.78, 5) is 19.1. The predicted molar refractivity (Wildman–Crippen MR) is 71.4 cm³/mol. The first kappa shape index (κ1) is 11.3. The number of hydrogen-bond donors (Lipinski definition) is 3. The number of nitrogens with one attached hydrogen (secondary N) is 2. The number of carbonyl (C=O) groups excluding carboxylic acids is 1. The number of aromatic nitrogens is 4. The minimum atomic E-state index is -0.220. The van der Waals surface area contributed by atoms with Crippen molar-refractivity contribution in [1.82, 2.24) is 19.7 Å². The van der Waals surface area contributed by atoms with Gasteiger partial charge in [-0.05, 0) is 18.2 Å². The van der Waals surface area contributed by atoms with Crippen LogP contribution in [0.2, 0.25) is 0 Å². The molecule has 0 radical (unpaired) electrons. The Hall–Kier alpha value is -2.83. The summed E-state index contributed by atoms with van der Waals surface area (Å²) >= 11 is 0. The molecular formula is C12H12N6O. The van der Waals surface area contributed by atoms with Gasteiger partial charge in [-0.2, -0.15) is 5.10 Å². The van der Waals surface area contributed by atoms with Crippen LogP contribution in [0, 0.1) is 0 Å². The summed E-state index contributed by atoms with van der Waals surface area (Å²) in [7, 11) is 0. The van der Waals surface area contributed by atoms with Crippen LogP contribution in [0.25, 0.3) is 11.0 Å². The van der Waals surface area contributed by atoms with Gasteiger partial charge in [0.1, 0.15) is 12.4 Å². The van der Waals surface area contributed by atoms with Gasteiger partial charge in [0.25, 0.3) is 0 Å². The molecule has 0 aliphatic rings. The molecule has 3 rings (SSSR count). The van der Waals surface area contributed by atoms with Crippen molar-refractivity contribution in [1.29, 1.82) is 0 Å². The second-order valence-corrected chi connectivity index (χ2v) is 4.09. The number of carbonyl (C=O) groups is 1. The van der Waals surface area contributed by atoms with Crippen LogP contribution in [-0.4, -0.2) is 25.7 Å². The third-order valence-corrected chi connectivity index (χ3v) is 2.61. The fourth-order valence-corrected chi connectivity index (χ4v) is 1.80. The molecule has 7 nitrogen and oxygen atoms in total. The van der Waals surface area contributed by atoms with Gasteiger partial charge in [-0.15, -0.1) is 0 Å². The van der Waals surface area contributed by atoms with Gasteiger partial charge in [0.15, 0.2) is 0 Å². The van der Waals surface area contributed by atoms with Crippen LogP contribution in [0.15, 0.2) is 36.5 Å². The van der Waals surface area contributed by atoms with Crippen molar-refractivity contribution in [2.45, 2.75) is 6.54 Å². The van der Waals surface area contributed by atoms with Gasteiger partial charge in [-0.3, -0.25) is 14.8 Å². The molecule has 7 heteroatoms. The first-order valence-corrected chi connectivity index (χ1v) is 5.74. The van der Waals surface area contributed by atoms with E-state index >= 15 is 0 Å². The zero-order valence-electron chi connectivity index (χ0n) is 10.00. The molecular weight excluding hydrogens is 244 g/mol. The molecule has 2 heterocycles. The molecule has 1 aromatic carbocycles. The van der Waals surface area contributed by atoms with E-state index in [1.165, 1.54) is 4.68 Å². The van der Waals surface area contributed by atoms with Crippen LogP contribution in [0.4, 0.5) is 11.8 Å². The summed E-state index contributed by atoms with van der Waals surface area (Å²) in [5, 5.41) is 6.62. The average Bonchev–Trinajstić information content (AvgIpc) is 2.94. The van der Waals surface area contributed by atoms with E-state index in [0.717, 1.165) is 11.0 Å². The zero-order valence-corrected chi connectivity index (χ0v) is 10.00. The number of amides is 1. The van der Waals surface area contributed by atoms with E-state index in [0.29, 0.717) is 11.8 Å². The van der Waals surface area contributed by atoms with E-state index < -0.39 is 0 Å². The summed E-state index contributed by atoms with van der Waals surface area (Å²) in [6.45, 7) is 0.0915. The molecule has 0 aliphatic carbocycles. The van der Waals surface area contributed by atoms with E-state index in [1.807, 2.05) is 24.3 Å². The normalized spacial score (nSPS) is 10.7. The molecule has 0 atom stereocenters. The number of nitrogens with two attached hydrogens (primary N) is 1. The van der Waals surface area contributed by atoms with Crippen molar-refractivity contribution in [2.75, 3.05) is 11.1 Å². The van der Waals surface area contributed by atoms with E-state index in [1.54, 1.807) is 12.3 Å². The highest BCUT2D eigenvalue weighted by molar-refractivity contribution is 5.90. The zero-order chi connectivity index (χ0) is 13.2. The van der Waals surface area contributed by atoms with Crippen LogP contribution in [0.1, 0.15) is 0 Å². The highest BCUT2D eigenvalue weighted by Gasteiger charge is 2.07. The van der Waals surface area contributed by atoms with E-state index in [-0.39, 0.29) is 12.5 Å². The second kappa shape index (κ2) is 4.45. The second-order valence-electron chi connectivity index (χ2n) is 4.09. The number of imidazole rings is 1. The first-order valence-electron chi connectivity index (χ1n) is 5.74. The smallest absolute Gasteiger partial charge is 0.248 e. The molecule has 0 bridgehead atoms. The van der Waals surface area contributed by atoms with Crippen molar-refractivity contribution in [3.8, 4) is 0 Å². The molecule has 0 saturated heterocycles. The number of para-hydroxylation sites is 2. The van der Waals surface area contributed by atoms with Gasteiger partial charge in [0.05, 0.1) is 11.0 Å². The lowest BCUT2D eigenvalue weighted by Crippen LogP contribution is -2.19. The van der Waals surface area contributed by atoms with Crippen molar-refractivity contribution < 1.29 is 4.79 Å². The molecule has 0 aliphatic heterocycles. The number of hydrogen-bond acceptors (Lipinski definition) is 4. The number of rotatable bonds is 3. The molecule has 0 fully saturated rings.